The molecule has 1 atom stereocenters. The van der Waals surface area contributed by atoms with E-state index < -0.39 is 5.97 Å². The first-order valence-electron chi connectivity index (χ1n) is 14.4. The fraction of sp³-hybridized carbons (Fsp3) is 0.931. The van der Waals surface area contributed by atoms with Gasteiger partial charge in [0.2, 0.25) is 0 Å². The summed E-state index contributed by atoms with van der Waals surface area (Å²) in [6, 6.07) is 0. The Bertz CT molecular complexity index is 447. The van der Waals surface area contributed by atoms with Crippen LogP contribution in [0.4, 0.5) is 0 Å². The van der Waals surface area contributed by atoms with Crippen LogP contribution < -0.4 is 0 Å². The monoisotopic (exact) mass is 468 g/mol. The third-order valence-electron chi connectivity index (χ3n) is 6.51. The minimum atomic E-state index is -0.796. The van der Waals surface area contributed by atoms with Gasteiger partial charge in [-0.25, -0.2) is 0 Å². The molecule has 0 heterocycles. The van der Waals surface area contributed by atoms with Crippen LogP contribution in [-0.2, 0) is 14.3 Å². The third-order valence-corrected chi connectivity index (χ3v) is 6.51. The summed E-state index contributed by atoms with van der Waals surface area (Å²) in [4.78, 5) is 22.9. The predicted molar refractivity (Wildman–Crippen MR) is 140 cm³/mol. The lowest BCUT2D eigenvalue weighted by molar-refractivity contribution is -0.150. The summed E-state index contributed by atoms with van der Waals surface area (Å²) in [7, 11) is 0. The Kier molecular flexibility index (Phi) is 23.3. The van der Waals surface area contributed by atoms with E-state index in [0.717, 1.165) is 31.6 Å². The molecule has 1 N–H and O–H groups in total. The van der Waals surface area contributed by atoms with Gasteiger partial charge in [-0.2, -0.15) is 0 Å². The molecule has 0 spiro atoms. The first kappa shape index (κ1) is 31.9. The second-order valence-electron chi connectivity index (χ2n) is 10.4. The molecule has 0 aliphatic carbocycles. The summed E-state index contributed by atoms with van der Waals surface area (Å²) in [5, 5.41) is 8.73. The molecule has 4 heteroatoms. The maximum Gasteiger partial charge on any atom is 0.306 e. The van der Waals surface area contributed by atoms with Crippen molar-refractivity contribution in [3.8, 4) is 0 Å². The highest BCUT2D eigenvalue weighted by Crippen LogP contribution is 2.19. The number of carbonyl (C=O) groups excluding carboxylic acids is 1. The van der Waals surface area contributed by atoms with Crippen molar-refractivity contribution in [3.63, 3.8) is 0 Å². The topological polar surface area (TPSA) is 63.6 Å². The maximum absolute atomic E-state index is 12.2. The van der Waals surface area contributed by atoms with E-state index in [0.29, 0.717) is 19.3 Å². The minimum Gasteiger partial charge on any atom is -0.481 e. The van der Waals surface area contributed by atoms with E-state index in [1.54, 1.807) is 0 Å². The molecule has 0 rings (SSSR count). The Morgan fingerprint density at radius 2 is 1.03 bits per heavy atom. The molecule has 0 saturated carbocycles. The number of esters is 1. The van der Waals surface area contributed by atoms with Crippen molar-refractivity contribution in [2.24, 2.45) is 5.92 Å². The van der Waals surface area contributed by atoms with Crippen LogP contribution in [0.25, 0.3) is 0 Å². The standard InChI is InChI=1S/C29H56O4/c1-4-5-6-7-8-9-10-11-12-13-17-22-27(23-18-15-14-16-21-26(2)3)33-29(32)25-20-19-24-28(30)31/h26-27H,4-25H2,1-3H3,(H,30,31). The van der Waals surface area contributed by atoms with E-state index in [1.807, 2.05) is 0 Å². The SMILES string of the molecule is CCCCCCCCCCCCCC(CCCCCCC(C)C)OC(=O)CCCCC(=O)O. The Morgan fingerprint density at radius 1 is 0.606 bits per heavy atom. The van der Waals surface area contributed by atoms with Gasteiger partial charge in [-0.15, -0.1) is 0 Å². The zero-order chi connectivity index (χ0) is 24.6. The molecule has 0 aromatic carbocycles. The number of hydrogen-bond acceptors (Lipinski definition) is 3. The van der Waals surface area contributed by atoms with Crippen LogP contribution >= 0.6 is 0 Å². The van der Waals surface area contributed by atoms with Gasteiger partial charge in [0, 0.05) is 12.8 Å². The van der Waals surface area contributed by atoms with Crippen LogP contribution in [0.15, 0.2) is 0 Å². The predicted octanol–water partition coefficient (Wildman–Crippen LogP) is 9.24. The van der Waals surface area contributed by atoms with Gasteiger partial charge in [-0.1, -0.05) is 111 Å². The molecule has 0 bridgehead atoms. The van der Waals surface area contributed by atoms with Gasteiger partial charge in [0.05, 0.1) is 0 Å². The molecule has 0 aromatic heterocycles. The van der Waals surface area contributed by atoms with Crippen LogP contribution in [-0.4, -0.2) is 23.1 Å². The summed E-state index contributed by atoms with van der Waals surface area (Å²) >= 11 is 0. The van der Waals surface area contributed by atoms with Crippen LogP contribution in [0.5, 0.6) is 0 Å². The number of ether oxygens (including phenoxy) is 1. The molecule has 0 amide bonds. The van der Waals surface area contributed by atoms with Crippen LogP contribution in [0.2, 0.25) is 0 Å². The van der Waals surface area contributed by atoms with Crippen molar-refractivity contribution in [3.05, 3.63) is 0 Å². The molecule has 0 aromatic rings. The minimum absolute atomic E-state index is 0.0423. The van der Waals surface area contributed by atoms with E-state index >= 15 is 0 Å². The van der Waals surface area contributed by atoms with Gasteiger partial charge in [0.15, 0.2) is 0 Å². The average molecular weight is 469 g/mol. The summed E-state index contributed by atoms with van der Waals surface area (Å²) in [5.74, 6) is -0.163. The molecule has 0 aliphatic heterocycles. The van der Waals surface area contributed by atoms with Crippen molar-refractivity contribution >= 4 is 11.9 Å². The first-order chi connectivity index (χ1) is 16.0. The Morgan fingerprint density at radius 3 is 1.48 bits per heavy atom. The summed E-state index contributed by atoms with van der Waals surface area (Å²) in [6.45, 7) is 6.82. The van der Waals surface area contributed by atoms with Crippen LogP contribution in [0.3, 0.4) is 0 Å². The van der Waals surface area contributed by atoms with E-state index in [-0.39, 0.29) is 18.5 Å². The van der Waals surface area contributed by atoms with Gasteiger partial charge in [-0.05, 0) is 44.4 Å². The van der Waals surface area contributed by atoms with Crippen molar-refractivity contribution in [2.75, 3.05) is 0 Å². The quantitative estimate of drug-likeness (QED) is 0.107. The highest BCUT2D eigenvalue weighted by molar-refractivity contribution is 5.70. The number of rotatable bonds is 25. The molecule has 196 valence electrons. The average Bonchev–Trinajstić information content (AvgIpc) is 2.76. The number of hydrogen-bond donors (Lipinski definition) is 1. The number of carboxylic acids is 1. The number of carboxylic acid groups (broad SMARTS) is 1. The smallest absolute Gasteiger partial charge is 0.306 e. The van der Waals surface area contributed by atoms with Crippen LogP contribution in [0, 0.1) is 5.92 Å². The van der Waals surface area contributed by atoms with Crippen molar-refractivity contribution in [1.82, 2.24) is 0 Å². The molecule has 0 aliphatic rings. The van der Waals surface area contributed by atoms with Crippen molar-refractivity contribution in [2.45, 2.75) is 168 Å². The Balaban J connectivity index is 4.02. The van der Waals surface area contributed by atoms with Gasteiger partial charge in [-0.3, -0.25) is 9.59 Å². The highest BCUT2D eigenvalue weighted by Gasteiger charge is 2.14. The fourth-order valence-electron chi connectivity index (χ4n) is 4.37. The van der Waals surface area contributed by atoms with Crippen molar-refractivity contribution in [1.29, 1.82) is 0 Å². The maximum atomic E-state index is 12.2. The summed E-state index contributed by atoms with van der Waals surface area (Å²) < 4.78 is 5.81. The van der Waals surface area contributed by atoms with Gasteiger partial charge < -0.3 is 9.84 Å². The van der Waals surface area contributed by atoms with E-state index in [4.69, 9.17) is 9.84 Å². The first-order valence-corrected chi connectivity index (χ1v) is 14.4. The Labute approximate surface area is 205 Å². The lowest BCUT2D eigenvalue weighted by Crippen LogP contribution is -2.18. The van der Waals surface area contributed by atoms with Crippen molar-refractivity contribution < 1.29 is 19.4 Å². The molecule has 0 fully saturated rings. The molecule has 4 nitrogen and oxygen atoms in total. The largest absolute Gasteiger partial charge is 0.481 e. The van der Waals surface area contributed by atoms with Gasteiger partial charge in [0.25, 0.3) is 0 Å². The Hall–Kier alpha value is -1.06. The normalized spacial score (nSPS) is 12.2. The van der Waals surface area contributed by atoms with E-state index in [1.165, 1.54) is 89.9 Å². The second kappa shape index (κ2) is 24.1. The molecular weight excluding hydrogens is 412 g/mol. The lowest BCUT2D eigenvalue weighted by atomic mass is 10.0. The van der Waals surface area contributed by atoms with Gasteiger partial charge in [0.1, 0.15) is 6.10 Å². The lowest BCUT2D eigenvalue weighted by Gasteiger charge is -2.18. The van der Waals surface area contributed by atoms with E-state index in [9.17, 15) is 9.59 Å². The molecule has 0 saturated heterocycles. The zero-order valence-electron chi connectivity index (χ0n) is 22.4. The molecule has 33 heavy (non-hydrogen) atoms. The number of carbonyl (C=O) groups is 2. The second-order valence-corrected chi connectivity index (χ2v) is 10.4. The summed E-state index contributed by atoms with van der Waals surface area (Å²) in [6.07, 6.45) is 24.4. The van der Waals surface area contributed by atoms with E-state index in [2.05, 4.69) is 20.8 Å². The molecule has 0 radical (unpaired) electrons. The molecule has 1 unspecified atom stereocenters. The number of unbranched alkanes of at least 4 members (excludes halogenated alkanes) is 14. The highest BCUT2D eigenvalue weighted by atomic mass is 16.5. The fourth-order valence-corrected chi connectivity index (χ4v) is 4.37. The summed E-state index contributed by atoms with van der Waals surface area (Å²) in [5.41, 5.74) is 0. The third kappa shape index (κ3) is 25.4. The molecular formula is C29H56O4. The number of aliphatic carboxylic acids is 1. The van der Waals surface area contributed by atoms with Gasteiger partial charge >= 0.3 is 11.9 Å². The zero-order valence-corrected chi connectivity index (χ0v) is 22.4. The van der Waals surface area contributed by atoms with Crippen LogP contribution in [0.1, 0.15) is 162 Å².